The van der Waals surface area contributed by atoms with Gasteiger partial charge in [-0.1, -0.05) is 24.3 Å². The molecule has 3 heteroatoms. The number of hydrogen-bond acceptors (Lipinski definition) is 2. The Bertz CT molecular complexity index is 756. The normalized spacial score (nSPS) is 10.7. The maximum absolute atomic E-state index is 11.2. The lowest BCUT2D eigenvalue weighted by Crippen LogP contribution is -2.01. The highest BCUT2D eigenvalue weighted by molar-refractivity contribution is 5.96. The van der Waals surface area contributed by atoms with Crippen molar-refractivity contribution < 1.29 is 9.53 Å². The molecule has 106 valence electrons. The highest BCUT2D eigenvalue weighted by Crippen LogP contribution is 2.20. The second-order valence-electron chi connectivity index (χ2n) is 5.01. The van der Waals surface area contributed by atoms with Crippen LogP contribution < -0.4 is 4.74 Å². The first-order valence-corrected chi connectivity index (χ1v) is 6.98. The van der Waals surface area contributed by atoms with Crippen LogP contribution in [0, 0.1) is 0 Å². The number of aryl methyl sites for hydroxylation is 2. The van der Waals surface area contributed by atoms with E-state index in [0.717, 1.165) is 41.5 Å². The Kier molecular flexibility index (Phi) is 3.73. The summed E-state index contributed by atoms with van der Waals surface area (Å²) >= 11 is 0. The van der Waals surface area contributed by atoms with Crippen LogP contribution >= 0.6 is 0 Å². The second kappa shape index (κ2) is 5.83. The Labute approximate surface area is 123 Å². The highest BCUT2D eigenvalue weighted by atomic mass is 16.5. The van der Waals surface area contributed by atoms with Crippen molar-refractivity contribution in [1.29, 1.82) is 0 Å². The first kappa shape index (κ1) is 13.4. The van der Waals surface area contributed by atoms with E-state index in [1.165, 1.54) is 5.56 Å². The molecule has 21 heavy (non-hydrogen) atoms. The van der Waals surface area contributed by atoms with Gasteiger partial charge in [-0.25, -0.2) is 0 Å². The van der Waals surface area contributed by atoms with Crippen molar-refractivity contribution in [1.82, 2.24) is 4.57 Å². The molecule has 0 aliphatic heterocycles. The summed E-state index contributed by atoms with van der Waals surface area (Å²) < 4.78 is 7.31. The smallest absolute Gasteiger partial charge is 0.152 e. The molecule has 0 spiro atoms. The van der Waals surface area contributed by atoms with Gasteiger partial charge in [0.15, 0.2) is 6.29 Å². The van der Waals surface area contributed by atoms with Gasteiger partial charge in [-0.15, -0.1) is 0 Å². The SMILES string of the molecule is COc1ccc(CCn2ccc3cccc(C=O)c32)cc1. The standard InChI is InChI=1S/C18H17NO2/c1-21-17-7-5-14(6-8-17)9-11-19-12-10-15-3-2-4-16(13-20)18(15)19/h2-8,10,12-13H,9,11H2,1H3. The predicted molar refractivity (Wildman–Crippen MR) is 84.0 cm³/mol. The highest BCUT2D eigenvalue weighted by Gasteiger charge is 2.06. The van der Waals surface area contributed by atoms with E-state index in [9.17, 15) is 4.79 Å². The summed E-state index contributed by atoms with van der Waals surface area (Å²) in [4.78, 5) is 11.2. The minimum Gasteiger partial charge on any atom is -0.497 e. The van der Waals surface area contributed by atoms with Crippen LogP contribution in [0.15, 0.2) is 54.7 Å². The molecule has 3 nitrogen and oxygen atoms in total. The first-order valence-electron chi connectivity index (χ1n) is 6.98. The van der Waals surface area contributed by atoms with Crippen molar-refractivity contribution in [3.8, 4) is 5.75 Å². The van der Waals surface area contributed by atoms with E-state index in [0.29, 0.717) is 0 Å². The predicted octanol–water partition coefficient (Wildman–Crippen LogP) is 3.71. The fourth-order valence-corrected chi connectivity index (χ4v) is 2.61. The third-order valence-corrected chi connectivity index (χ3v) is 3.75. The topological polar surface area (TPSA) is 31.2 Å². The van der Waals surface area contributed by atoms with Gasteiger partial charge in [0.2, 0.25) is 0 Å². The number of aldehydes is 1. The molecule has 1 heterocycles. The second-order valence-corrected chi connectivity index (χ2v) is 5.01. The third kappa shape index (κ3) is 2.68. The van der Waals surface area contributed by atoms with Gasteiger partial charge in [-0.2, -0.15) is 0 Å². The fourth-order valence-electron chi connectivity index (χ4n) is 2.61. The van der Waals surface area contributed by atoms with Crippen LogP contribution in [0.3, 0.4) is 0 Å². The Morgan fingerprint density at radius 3 is 2.62 bits per heavy atom. The van der Waals surface area contributed by atoms with Gasteiger partial charge in [-0.05, 0) is 36.2 Å². The molecule has 0 radical (unpaired) electrons. The molecule has 2 aromatic carbocycles. The number of aromatic nitrogens is 1. The number of benzene rings is 2. The van der Waals surface area contributed by atoms with Crippen LogP contribution in [-0.4, -0.2) is 18.0 Å². The number of carbonyl (C=O) groups excluding carboxylic acids is 1. The summed E-state index contributed by atoms with van der Waals surface area (Å²) in [5, 5.41) is 1.11. The first-order chi connectivity index (χ1) is 10.3. The van der Waals surface area contributed by atoms with Crippen molar-refractivity contribution in [2.24, 2.45) is 0 Å². The summed E-state index contributed by atoms with van der Waals surface area (Å²) in [7, 11) is 1.67. The van der Waals surface area contributed by atoms with Crippen molar-refractivity contribution in [3.63, 3.8) is 0 Å². The van der Waals surface area contributed by atoms with Gasteiger partial charge in [0.25, 0.3) is 0 Å². The summed E-state index contributed by atoms with van der Waals surface area (Å²) in [6.45, 7) is 0.848. The van der Waals surface area contributed by atoms with E-state index in [2.05, 4.69) is 22.8 Å². The zero-order valence-corrected chi connectivity index (χ0v) is 12.0. The molecule has 0 unspecified atom stereocenters. The number of carbonyl (C=O) groups is 1. The summed E-state index contributed by atoms with van der Waals surface area (Å²) in [6.07, 6.45) is 3.88. The number of rotatable bonds is 5. The van der Waals surface area contributed by atoms with Crippen molar-refractivity contribution >= 4 is 17.2 Å². The monoisotopic (exact) mass is 279 g/mol. The number of methoxy groups -OCH3 is 1. The van der Waals surface area contributed by atoms with E-state index in [-0.39, 0.29) is 0 Å². The average molecular weight is 279 g/mol. The molecule has 0 aliphatic rings. The maximum Gasteiger partial charge on any atom is 0.152 e. The zero-order valence-electron chi connectivity index (χ0n) is 12.0. The lowest BCUT2D eigenvalue weighted by molar-refractivity contribution is 0.112. The number of ether oxygens (including phenoxy) is 1. The van der Waals surface area contributed by atoms with Gasteiger partial charge in [0.05, 0.1) is 12.6 Å². The molecule has 0 bridgehead atoms. The van der Waals surface area contributed by atoms with Crippen molar-refractivity contribution in [3.05, 3.63) is 65.9 Å². The lowest BCUT2D eigenvalue weighted by atomic mass is 10.1. The van der Waals surface area contributed by atoms with Gasteiger partial charge in [-0.3, -0.25) is 4.79 Å². The van der Waals surface area contributed by atoms with E-state index in [1.807, 2.05) is 36.5 Å². The van der Waals surface area contributed by atoms with Gasteiger partial charge < -0.3 is 9.30 Å². The molecule has 3 rings (SSSR count). The summed E-state index contributed by atoms with van der Waals surface area (Å²) in [5.41, 5.74) is 3.01. The zero-order chi connectivity index (χ0) is 14.7. The van der Waals surface area contributed by atoms with Gasteiger partial charge >= 0.3 is 0 Å². The molecule has 3 aromatic rings. The molecule has 0 amide bonds. The molecular weight excluding hydrogens is 262 g/mol. The Morgan fingerprint density at radius 1 is 1.10 bits per heavy atom. The maximum atomic E-state index is 11.2. The van der Waals surface area contributed by atoms with Crippen molar-refractivity contribution in [2.75, 3.05) is 7.11 Å². The molecule has 0 saturated carbocycles. The summed E-state index contributed by atoms with van der Waals surface area (Å²) in [5.74, 6) is 0.869. The van der Waals surface area contributed by atoms with E-state index >= 15 is 0 Å². The van der Waals surface area contributed by atoms with Crippen LogP contribution in [0.1, 0.15) is 15.9 Å². The van der Waals surface area contributed by atoms with Crippen LogP contribution in [0.2, 0.25) is 0 Å². The van der Waals surface area contributed by atoms with E-state index < -0.39 is 0 Å². The van der Waals surface area contributed by atoms with Crippen LogP contribution in [0.25, 0.3) is 10.9 Å². The number of para-hydroxylation sites is 1. The van der Waals surface area contributed by atoms with Gasteiger partial charge in [0.1, 0.15) is 5.75 Å². The molecule has 1 aromatic heterocycles. The quantitative estimate of drug-likeness (QED) is 0.667. The molecular formula is C18H17NO2. The molecule has 0 fully saturated rings. The van der Waals surface area contributed by atoms with Crippen molar-refractivity contribution in [2.45, 2.75) is 13.0 Å². The van der Waals surface area contributed by atoms with Crippen LogP contribution in [0.5, 0.6) is 5.75 Å². The lowest BCUT2D eigenvalue weighted by Gasteiger charge is -2.08. The minimum atomic E-state index is 0.743. The Balaban J connectivity index is 1.83. The number of hydrogen-bond donors (Lipinski definition) is 0. The third-order valence-electron chi connectivity index (χ3n) is 3.75. The molecule has 0 N–H and O–H groups in total. The van der Waals surface area contributed by atoms with Crippen LogP contribution in [0.4, 0.5) is 0 Å². The Hall–Kier alpha value is -2.55. The van der Waals surface area contributed by atoms with Gasteiger partial charge in [0, 0.05) is 23.7 Å². The van der Waals surface area contributed by atoms with E-state index in [1.54, 1.807) is 7.11 Å². The van der Waals surface area contributed by atoms with Crippen LogP contribution in [-0.2, 0) is 13.0 Å². The minimum absolute atomic E-state index is 0.743. The fraction of sp³-hybridized carbons (Fsp3) is 0.167. The van der Waals surface area contributed by atoms with E-state index in [4.69, 9.17) is 4.74 Å². The molecule has 0 aliphatic carbocycles. The number of fused-ring (bicyclic) bond motifs is 1. The summed E-state index contributed by atoms with van der Waals surface area (Å²) in [6, 6.07) is 16.0. The number of nitrogens with zero attached hydrogens (tertiary/aromatic N) is 1. The average Bonchev–Trinajstić information content (AvgIpc) is 2.96. The largest absolute Gasteiger partial charge is 0.497 e. The molecule has 0 atom stereocenters. The Morgan fingerprint density at radius 2 is 1.90 bits per heavy atom. The molecule has 0 saturated heterocycles.